The van der Waals surface area contributed by atoms with Gasteiger partial charge in [0.25, 0.3) is 0 Å². The minimum atomic E-state index is -0.818. The standard InChI is InChI=1S/C30H33BrN4O3/c1-30(2,38)22-17-18-35(19-22)28(29(37)33-24-14-12-23(31)13-15-24)21-10-7-20(8-11-21)9-16-27(36)34-26-6-4-3-5-25(26)32/h3-16,22,28,38H,17-19,32H2,1-2H3,(H,33,37)(H,34,36)/b16-9+. The summed E-state index contributed by atoms with van der Waals surface area (Å²) in [5.74, 6) is -0.342. The van der Waals surface area contributed by atoms with Gasteiger partial charge in [-0.1, -0.05) is 52.3 Å². The van der Waals surface area contributed by atoms with E-state index in [2.05, 4.69) is 31.5 Å². The van der Waals surface area contributed by atoms with Crippen LogP contribution >= 0.6 is 15.9 Å². The molecule has 1 heterocycles. The van der Waals surface area contributed by atoms with E-state index in [0.717, 1.165) is 22.0 Å². The topological polar surface area (TPSA) is 108 Å². The Morgan fingerprint density at radius 2 is 1.74 bits per heavy atom. The maximum Gasteiger partial charge on any atom is 0.248 e. The number of nitrogens with two attached hydrogens (primary N) is 1. The highest BCUT2D eigenvalue weighted by atomic mass is 79.9. The van der Waals surface area contributed by atoms with Crippen LogP contribution < -0.4 is 16.4 Å². The van der Waals surface area contributed by atoms with Gasteiger partial charge in [-0.25, -0.2) is 0 Å². The average molecular weight is 578 g/mol. The first-order chi connectivity index (χ1) is 18.1. The third kappa shape index (κ3) is 7.10. The van der Waals surface area contributed by atoms with Gasteiger partial charge in [0.1, 0.15) is 6.04 Å². The number of nitrogens with one attached hydrogen (secondary N) is 2. The van der Waals surface area contributed by atoms with Gasteiger partial charge < -0.3 is 21.5 Å². The van der Waals surface area contributed by atoms with Crippen LogP contribution in [0.4, 0.5) is 17.1 Å². The van der Waals surface area contributed by atoms with Gasteiger partial charge in [-0.2, -0.15) is 0 Å². The SMILES string of the molecule is CC(C)(O)C1CCN(C(C(=O)Nc2ccc(Br)cc2)c2ccc(/C=C/C(=O)Nc3ccccc3N)cc2)C1. The summed E-state index contributed by atoms with van der Waals surface area (Å²) in [5, 5.41) is 16.4. The third-order valence-corrected chi connectivity index (χ3v) is 7.37. The Labute approximate surface area is 231 Å². The van der Waals surface area contributed by atoms with Crippen LogP contribution in [0, 0.1) is 5.92 Å². The van der Waals surface area contributed by atoms with Crippen LogP contribution in [0.5, 0.6) is 0 Å². The highest BCUT2D eigenvalue weighted by Crippen LogP contribution is 2.34. The lowest BCUT2D eigenvalue weighted by Gasteiger charge is -2.30. The van der Waals surface area contributed by atoms with Crippen LogP contribution in [-0.4, -0.2) is 40.5 Å². The van der Waals surface area contributed by atoms with Crippen LogP contribution in [0.3, 0.4) is 0 Å². The molecule has 38 heavy (non-hydrogen) atoms. The Morgan fingerprint density at radius 3 is 2.37 bits per heavy atom. The molecule has 0 spiro atoms. The number of nitrogen functional groups attached to an aromatic ring is 1. The minimum absolute atomic E-state index is 0.0739. The van der Waals surface area contributed by atoms with Crippen molar-refractivity contribution in [2.75, 3.05) is 29.5 Å². The van der Waals surface area contributed by atoms with E-state index in [9.17, 15) is 14.7 Å². The number of carbonyl (C=O) groups is 2. The maximum atomic E-state index is 13.5. The van der Waals surface area contributed by atoms with Crippen molar-refractivity contribution in [2.45, 2.75) is 31.9 Å². The summed E-state index contributed by atoms with van der Waals surface area (Å²) in [4.78, 5) is 28.0. The molecule has 4 rings (SSSR count). The van der Waals surface area contributed by atoms with E-state index in [0.29, 0.717) is 30.2 Å². The number of likely N-dealkylation sites (tertiary alicyclic amines) is 1. The molecule has 198 valence electrons. The van der Waals surface area contributed by atoms with Crippen molar-refractivity contribution < 1.29 is 14.7 Å². The van der Waals surface area contributed by atoms with Gasteiger partial charge in [-0.15, -0.1) is 0 Å². The number of para-hydroxylation sites is 2. The summed E-state index contributed by atoms with van der Waals surface area (Å²) in [6.45, 7) is 4.97. The molecule has 2 amide bonds. The van der Waals surface area contributed by atoms with E-state index in [4.69, 9.17) is 5.73 Å². The molecule has 2 unspecified atom stereocenters. The average Bonchev–Trinajstić information content (AvgIpc) is 3.37. The Balaban J connectivity index is 1.50. The van der Waals surface area contributed by atoms with Gasteiger partial charge in [-0.05, 0) is 80.4 Å². The highest BCUT2D eigenvalue weighted by molar-refractivity contribution is 9.10. The van der Waals surface area contributed by atoms with Crippen LogP contribution in [0.15, 0.2) is 83.3 Å². The van der Waals surface area contributed by atoms with Crippen LogP contribution in [-0.2, 0) is 9.59 Å². The number of carbonyl (C=O) groups excluding carboxylic acids is 2. The first-order valence-electron chi connectivity index (χ1n) is 12.6. The maximum absolute atomic E-state index is 13.5. The molecule has 2 atom stereocenters. The number of rotatable bonds is 8. The van der Waals surface area contributed by atoms with Crippen molar-refractivity contribution in [1.29, 1.82) is 0 Å². The Kier molecular flexibility index (Phi) is 8.66. The normalized spacial score (nSPS) is 16.9. The molecule has 3 aromatic rings. The van der Waals surface area contributed by atoms with E-state index in [-0.39, 0.29) is 17.7 Å². The zero-order valence-corrected chi connectivity index (χ0v) is 23.1. The lowest BCUT2D eigenvalue weighted by atomic mass is 9.90. The van der Waals surface area contributed by atoms with E-state index in [1.807, 2.05) is 74.5 Å². The number of nitrogens with zero attached hydrogens (tertiary/aromatic N) is 1. The summed E-state index contributed by atoms with van der Waals surface area (Å²) >= 11 is 3.42. The van der Waals surface area contributed by atoms with Crippen LogP contribution in [0.25, 0.3) is 6.08 Å². The molecule has 0 radical (unpaired) electrons. The number of anilines is 3. The molecule has 0 aliphatic carbocycles. The van der Waals surface area contributed by atoms with Crippen molar-refractivity contribution >= 4 is 50.9 Å². The number of hydrogen-bond donors (Lipinski definition) is 4. The first kappa shape index (κ1) is 27.6. The third-order valence-electron chi connectivity index (χ3n) is 6.84. The smallest absolute Gasteiger partial charge is 0.248 e. The van der Waals surface area contributed by atoms with Crippen molar-refractivity contribution in [3.05, 3.63) is 94.5 Å². The molecule has 1 saturated heterocycles. The second-order valence-electron chi connectivity index (χ2n) is 10.1. The van der Waals surface area contributed by atoms with Crippen molar-refractivity contribution in [3.8, 4) is 0 Å². The highest BCUT2D eigenvalue weighted by Gasteiger charge is 2.39. The fourth-order valence-corrected chi connectivity index (χ4v) is 4.88. The van der Waals surface area contributed by atoms with E-state index in [1.54, 1.807) is 18.2 Å². The Hall–Kier alpha value is -3.46. The summed E-state index contributed by atoms with van der Waals surface area (Å²) in [5.41, 5.74) is 8.52. The van der Waals surface area contributed by atoms with Gasteiger partial charge in [0, 0.05) is 28.7 Å². The zero-order chi connectivity index (χ0) is 27.3. The number of amides is 2. The van der Waals surface area contributed by atoms with Gasteiger partial charge >= 0.3 is 0 Å². The van der Waals surface area contributed by atoms with Gasteiger partial charge in [0.15, 0.2) is 0 Å². The molecule has 7 nitrogen and oxygen atoms in total. The van der Waals surface area contributed by atoms with Gasteiger partial charge in [0.2, 0.25) is 11.8 Å². The van der Waals surface area contributed by atoms with Crippen LogP contribution in [0.1, 0.15) is 37.4 Å². The molecule has 0 saturated carbocycles. The Bertz CT molecular complexity index is 1300. The fraction of sp³-hybridized carbons (Fsp3) is 0.267. The van der Waals surface area contributed by atoms with E-state index >= 15 is 0 Å². The number of aliphatic hydroxyl groups is 1. The summed E-state index contributed by atoms with van der Waals surface area (Å²) in [6.07, 6.45) is 3.98. The second-order valence-corrected chi connectivity index (χ2v) is 11.0. The Morgan fingerprint density at radius 1 is 1.05 bits per heavy atom. The first-order valence-corrected chi connectivity index (χ1v) is 13.4. The van der Waals surface area contributed by atoms with Crippen molar-refractivity contribution in [2.24, 2.45) is 5.92 Å². The molecule has 1 fully saturated rings. The monoisotopic (exact) mass is 576 g/mol. The molecule has 1 aliphatic rings. The predicted octanol–water partition coefficient (Wildman–Crippen LogP) is 5.46. The second kappa shape index (κ2) is 11.9. The minimum Gasteiger partial charge on any atom is -0.397 e. The van der Waals surface area contributed by atoms with E-state index < -0.39 is 11.6 Å². The van der Waals surface area contributed by atoms with Crippen LogP contribution in [0.2, 0.25) is 0 Å². The molecule has 0 aromatic heterocycles. The number of benzene rings is 3. The van der Waals surface area contributed by atoms with Crippen molar-refractivity contribution in [1.82, 2.24) is 4.90 Å². The largest absolute Gasteiger partial charge is 0.397 e. The molecule has 3 aromatic carbocycles. The van der Waals surface area contributed by atoms with Gasteiger partial charge in [-0.3, -0.25) is 14.5 Å². The molecule has 5 N–H and O–H groups in total. The van der Waals surface area contributed by atoms with E-state index in [1.165, 1.54) is 6.08 Å². The molecular formula is C30H33BrN4O3. The lowest BCUT2D eigenvalue weighted by molar-refractivity contribution is -0.121. The zero-order valence-electron chi connectivity index (χ0n) is 21.5. The number of hydrogen-bond acceptors (Lipinski definition) is 5. The fourth-order valence-electron chi connectivity index (χ4n) is 4.62. The summed E-state index contributed by atoms with van der Waals surface area (Å²) in [7, 11) is 0. The summed E-state index contributed by atoms with van der Waals surface area (Å²) in [6, 6.07) is 21.6. The predicted molar refractivity (Wildman–Crippen MR) is 156 cm³/mol. The quantitative estimate of drug-likeness (QED) is 0.210. The molecule has 0 bridgehead atoms. The summed E-state index contributed by atoms with van der Waals surface area (Å²) < 4.78 is 0.934. The molecule has 1 aliphatic heterocycles. The number of halogens is 1. The lowest BCUT2D eigenvalue weighted by Crippen LogP contribution is -2.38. The van der Waals surface area contributed by atoms with Gasteiger partial charge in [0.05, 0.1) is 17.0 Å². The molecular weight excluding hydrogens is 544 g/mol. The van der Waals surface area contributed by atoms with Crippen molar-refractivity contribution in [3.63, 3.8) is 0 Å². The molecule has 8 heteroatoms.